The highest BCUT2D eigenvalue weighted by molar-refractivity contribution is 7.52. The van der Waals surface area contributed by atoms with Gasteiger partial charge in [-0.15, -0.1) is 0 Å². The summed E-state index contributed by atoms with van der Waals surface area (Å²) >= 11 is 5.95. The van der Waals surface area contributed by atoms with Crippen LogP contribution in [0.5, 0.6) is 11.6 Å². The summed E-state index contributed by atoms with van der Waals surface area (Å²) in [7, 11) is -2.96. The van der Waals surface area contributed by atoms with Crippen molar-refractivity contribution in [3.05, 3.63) is 46.1 Å². The number of aliphatic hydroxyl groups is 1. The van der Waals surface area contributed by atoms with Gasteiger partial charge >= 0.3 is 13.7 Å². The number of fused-ring (bicyclic) bond motifs is 1. The van der Waals surface area contributed by atoms with Crippen LogP contribution in [0.4, 0.5) is 5.95 Å². The van der Waals surface area contributed by atoms with Crippen LogP contribution in [0.25, 0.3) is 21.6 Å². The topological polar surface area (TPSA) is 231 Å². The lowest BCUT2D eigenvalue weighted by atomic mass is 9.93. The van der Waals surface area contributed by atoms with Gasteiger partial charge in [0.15, 0.2) is 17.4 Å². The van der Waals surface area contributed by atoms with E-state index in [2.05, 4.69) is 30.1 Å². The number of imidazole rings is 1. The Bertz CT molecular complexity index is 1570. The monoisotopic (exact) mass is 639 g/mol. The maximum Gasteiger partial charge on any atom is 0.459 e. The molecule has 0 radical (unpaired) electrons. The van der Waals surface area contributed by atoms with E-state index in [4.69, 9.17) is 40.6 Å². The van der Waals surface area contributed by atoms with Crippen molar-refractivity contribution in [1.82, 2.24) is 24.6 Å². The van der Waals surface area contributed by atoms with Gasteiger partial charge in [0.2, 0.25) is 11.8 Å². The predicted octanol–water partition coefficient (Wildman–Crippen LogP) is 3.53. The molecule has 6 atom stereocenters. The van der Waals surface area contributed by atoms with Gasteiger partial charge in [-0.25, -0.2) is 9.55 Å². The van der Waals surface area contributed by atoms with Crippen molar-refractivity contribution in [2.45, 2.75) is 63.8 Å². The summed E-state index contributed by atoms with van der Waals surface area (Å²) in [6.07, 6.45) is -2.97. The fourth-order valence-electron chi connectivity index (χ4n) is 4.32. The minimum Gasteiger partial charge on any atom is -0.479 e. The number of methoxy groups -OCH3 is 1. The van der Waals surface area contributed by atoms with Crippen molar-refractivity contribution in [3.63, 3.8) is 0 Å². The highest BCUT2D eigenvalue weighted by Gasteiger charge is 2.55. The molecule has 19 heteroatoms. The van der Waals surface area contributed by atoms with Crippen molar-refractivity contribution < 1.29 is 37.7 Å². The molecule has 0 amide bonds. The van der Waals surface area contributed by atoms with E-state index in [1.807, 2.05) is 0 Å². The van der Waals surface area contributed by atoms with Crippen LogP contribution in [0, 0.1) is 0 Å². The van der Waals surface area contributed by atoms with E-state index in [-0.39, 0.29) is 28.7 Å². The molecular weight excluding hydrogens is 609 g/mol. The maximum atomic E-state index is 13.9. The second kappa shape index (κ2) is 12.9. The first-order valence-corrected chi connectivity index (χ1v) is 14.8. The van der Waals surface area contributed by atoms with Crippen LogP contribution in [0.1, 0.15) is 33.9 Å². The molecule has 1 aliphatic heterocycles. The molecule has 1 aromatic carbocycles. The standard InChI is InChI=1S/C24H31ClN9O8P/c1-12(2)40-21(36)13(3)31-43(37,42-15-8-6-14(25)7-9-15)39-10-16-18(35)24(4,32-33-27)22(41-16)34-11-28-17-19(34)29-23(26)30-20(17)38-5/h6-9,11-13,16,18,22,35H,10H2,1-5H3,(H,31,37)(H2,26,29,30)/t13-,16+,18?,22+,24+,43?/m0/s1. The molecule has 17 nitrogen and oxygen atoms in total. The summed E-state index contributed by atoms with van der Waals surface area (Å²) in [6, 6.07) is 4.82. The smallest absolute Gasteiger partial charge is 0.459 e. The third-order valence-corrected chi connectivity index (χ3v) is 8.27. The van der Waals surface area contributed by atoms with Crippen molar-refractivity contribution >= 4 is 42.4 Å². The number of carbonyl (C=O) groups excluding carboxylic acids is 1. The number of azide groups is 1. The Balaban J connectivity index is 1.63. The minimum absolute atomic E-state index is 0.0987. The van der Waals surface area contributed by atoms with Crippen LogP contribution < -0.4 is 20.1 Å². The Morgan fingerprint density at radius 3 is 2.67 bits per heavy atom. The molecule has 4 rings (SSSR count). The molecule has 0 aliphatic carbocycles. The van der Waals surface area contributed by atoms with Crippen LogP contribution in [0.3, 0.4) is 0 Å². The lowest BCUT2D eigenvalue weighted by molar-refractivity contribution is -0.149. The molecule has 0 bridgehead atoms. The Labute approximate surface area is 250 Å². The third-order valence-electron chi connectivity index (χ3n) is 6.37. The number of nitrogens with one attached hydrogen (secondary N) is 1. The molecule has 1 aliphatic rings. The predicted molar refractivity (Wildman–Crippen MR) is 153 cm³/mol. The molecule has 0 saturated carbocycles. The summed E-state index contributed by atoms with van der Waals surface area (Å²) in [5, 5.41) is 18.1. The van der Waals surface area contributed by atoms with Crippen molar-refractivity contribution in [2.75, 3.05) is 19.5 Å². The second-order valence-electron chi connectivity index (χ2n) is 9.98. The van der Waals surface area contributed by atoms with Crippen LogP contribution >= 0.6 is 19.3 Å². The van der Waals surface area contributed by atoms with E-state index in [0.29, 0.717) is 5.02 Å². The fraction of sp³-hybridized carbons (Fsp3) is 0.500. The number of aliphatic hydroxyl groups excluding tert-OH is 1. The van der Waals surface area contributed by atoms with Gasteiger partial charge in [0.05, 0.1) is 32.3 Å². The number of aromatic nitrogens is 4. The number of carbonyl (C=O) groups is 1. The summed E-state index contributed by atoms with van der Waals surface area (Å²) in [4.78, 5) is 27.8. The Kier molecular flexibility index (Phi) is 9.66. The first kappa shape index (κ1) is 32.2. The number of nitrogen functional groups attached to an aromatic ring is 1. The van der Waals surface area contributed by atoms with E-state index < -0.39 is 56.4 Å². The van der Waals surface area contributed by atoms with E-state index in [0.717, 1.165) is 0 Å². The van der Waals surface area contributed by atoms with Gasteiger partial charge in [-0.3, -0.25) is 13.9 Å². The van der Waals surface area contributed by atoms with Crippen LogP contribution in [0.2, 0.25) is 5.02 Å². The molecule has 2 aromatic heterocycles. The summed E-state index contributed by atoms with van der Waals surface area (Å²) in [5.41, 5.74) is 14.0. The lowest BCUT2D eigenvalue weighted by Crippen LogP contribution is -2.43. The number of nitrogens with zero attached hydrogens (tertiary/aromatic N) is 7. The quantitative estimate of drug-likeness (QED) is 0.0847. The normalized spacial score (nSPS) is 23.9. The molecule has 3 heterocycles. The minimum atomic E-state index is -4.34. The number of benzene rings is 1. The molecule has 1 saturated heterocycles. The zero-order valence-electron chi connectivity index (χ0n) is 23.8. The van der Waals surface area contributed by atoms with Gasteiger partial charge in [-0.2, -0.15) is 15.1 Å². The highest BCUT2D eigenvalue weighted by Crippen LogP contribution is 2.48. The van der Waals surface area contributed by atoms with Crippen LogP contribution in [-0.2, 0) is 23.4 Å². The molecule has 0 spiro atoms. The Hall–Kier alpha value is -3.69. The zero-order valence-corrected chi connectivity index (χ0v) is 25.5. The van der Waals surface area contributed by atoms with Crippen molar-refractivity contribution in [3.8, 4) is 11.6 Å². The molecule has 232 valence electrons. The molecule has 3 aromatic rings. The van der Waals surface area contributed by atoms with Crippen molar-refractivity contribution in [2.24, 2.45) is 5.11 Å². The average molecular weight is 640 g/mol. The van der Waals surface area contributed by atoms with Gasteiger partial charge in [-0.05, 0) is 57.5 Å². The number of halogens is 1. The molecule has 1 fully saturated rings. The van der Waals surface area contributed by atoms with E-state index in [1.165, 1.54) is 56.1 Å². The maximum absolute atomic E-state index is 13.9. The summed E-state index contributed by atoms with van der Waals surface area (Å²) in [5.74, 6) is -0.603. The number of hydrogen-bond acceptors (Lipinski definition) is 13. The number of esters is 1. The Morgan fingerprint density at radius 2 is 2.05 bits per heavy atom. The van der Waals surface area contributed by atoms with Gasteiger partial charge in [0.25, 0.3) is 0 Å². The highest BCUT2D eigenvalue weighted by atomic mass is 35.5. The average Bonchev–Trinajstić information content (AvgIpc) is 3.46. The lowest BCUT2D eigenvalue weighted by Gasteiger charge is -2.28. The van der Waals surface area contributed by atoms with E-state index in [9.17, 15) is 20.0 Å². The number of ether oxygens (including phenoxy) is 3. The summed E-state index contributed by atoms with van der Waals surface area (Å²) in [6.45, 7) is 5.68. The SMILES string of the molecule is COc1nc(N)nc2c1ncn2[C@@H]1O[C@H](COP(=O)(N[C@@H](C)C(=O)OC(C)C)Oc2ccc(Cl)cc2)C(O)[C@@]1(C)N=[N+]=[N-]. The van der Waals surface area contributed by atoms with E-state index in [1.54, 1.807) is 13.8 Å². The van der Waals surface area contributed by atoms with Gasteiger partial charge in [-0.1, -0.05) is 16.7 Å². The molecule has 4 N–H and O–H groups in total. The number of rotatable bonds is 12. The fourth-order valence-corrected chi connectivity index (χ4v) is 5.95. The molecule has 43 heavy (non-hydrogen) atoms. The first-order valence-electron chi connectivity index (χ1n) is 12.9. The van der Waals surface area contributed by atoms with Crippen molar-refractivity contribution in [1.29, 1.82) is 0 Å². The molecule has 2 unspecified atom stereocenters. The zero-order chi connectivity index (χ0) is 31.5. The van der Waals surface area contributed by atoms with Gasteiger partial charge in [0.1, 0.15) is 23.4 Å². The first-order chi connectivity index (χ1) is 20.3. The summed E-state index contributed by atoms with van der Waals surface area (Å²) < 4.78 is 43.2. The van der Waals surface area contributed by atoms with Crippen LogP contribution in [-0.4, -0.2) is 74.2 Å². The Morgan fingerprint density at radius 1 is 1.35 bits per heavy atom. The second-order valence-corrected chi connectivity index (χ2v) is 12.1. The number of hydrogen-bond donors (Lipinski definition) is 3. The van der Waals surface area contributed by atoms with Gasteiger partial charge in [0, 0.05) is 9.93 Å². The van der Waals surface area contributed by atoms with Crippen LogP contribution in [0.15, 0.2) is 35.7 Å². The number of anilines is 1. The van der Waals surface area contributed by atoms with Gasteiger partial charge < -0.3 is 29.6 Å². The largest absolute Gasteiger partial charge is 0.479 e. The molecular formula is C24H31ClN9O8P. The number of nitrogens with two attached hydrogens (primary N) is 1. The van der Waals surface area contributed by atoms with E-state index >= 15 is 0 Å². The third kappa shape index (κ3) is 6.94.